The average molecular weight is 226 g/mol. The van der Waals surface area contributed by atoms with Crippen LogP contribution in [0.25, 0.3) is 0 Å². The molecule has 0 aromatic carbocycles. The number of nitrogens with zero attached hydrogens (tertiary/aromatic N) is 2. The molecule has 1 rings (SSSR count). The summed E-state index contributed by atoms with van der Waals surface area (Å²) in [6.07, 6.45) is 4.63. The molecule has 3 N–H and O–H groups in total. The third kappa shape index (κ3) is 3.68. The van der Waals surface area contributed by atoms with Crippen LogP contribution in [0.2, 0.25) is 0 Å². The van der Waals surface area contributed by atoms with Crippen LogP contribution in [0.15, 0.2) is 11.4 Å². The first-order valence-electron chi connectivity index (χ1n) is 5.06. The number of nitrogens with one attached hydrogen (secondary N) is 1. The first-order valence-corrected chi connectivity index (χ1v) is 6.29. The molecule has 1 unspecified atom stereocenters. The molecule has 0 radical (unpaired) electrons. The van der Waals surface area contributed by atoms with E-state index in [0.717, 1.165) is 29.5 Å². The lowest BCUT2D eigenvalue weighted by Crippen LogP contribution is -2.19. The average Bonchev–Trinajstić information content (AvgIpc) is 2.20. The molecule has 0 amide bonds. The lowest BCUT2D eigenvalue weighted by atomic mass is 10.1. The molecule has 0 aliphatic heterocycles. The normalized spacial score (nSPS) is 12.5. The Morgan fingerprint density at radius 1 is 1.60 bits per heavy atom. The third-order valence-corrected chi connectivity index (χ3v) is 2.47. The number of hydrogen-bond acceptors (Lipinski definition) is 5. The molecule has 0 saturated carbocycles. The molecule has 0 aliphatic rings. The fourth-order valence-electron chi connectivity index (χ4n) is 1.31. The van der Waals surface area contributed by atoms with Gasteiger partial charge in [0.1, 0.15) is 5.82 Å². The second-order valence-corrected chi connectivity index (χ2v) is 4.22. The number of rotatable bonds is 5. The molecule has 84 valence electrons. The van der Waals surface area contributed by atoms with Gasteiger partial charge in [-0.1, -0.05) is 11.8 Å². The monoisotopic (exact) mass is 226 g/mol. The summed E-state index contributed by atoms with van der Waals surface area (Å²) < 4.78 is 0. The van der Waals surface area contributed by atoms with E-state index in [2.05, 4.69) is 22.2 Å². The fraction of sp³-hybridized carbons (Fsp3) is 0.600. The second kappa shape index (κ2) is 5.92. The van der Waals surface area contributed by atoms with E-state index in [0.29, 0.717) is 0 Å². The van der Waals surface area contributed by atoms with Gasteiger partial charge in [0.2, 0.25) is 0 Å². The van der Waals surface area contributed by atoms with Gasteiger partial charge in [-0.3, -0.25) is 0 Å². The molecule has 0 aliphatic carbocycles. The van der Waals surface area contributed by atoms with E-state index in [-0.39, 0.29) is 6.04 Å². The minimum atomic E-state index is 0.131. The SMILES string of the molecule is CCNc1nc(SC)ncc1CC(C)N. The molecule has 1 aromatic heterocycles. The molecule has 1 aromatic rings. The number of aromatic nitrogens is 2. The Morgan fingerprint density at radius 2 is 2.33 bits per heavy atom. The summed E-state index contributed by atoms with van der Waals surface area (Å²) in [5.41, 5.74) is 6.86. The van der Waals surface area contributed by atoms with Gasteiger partial charge in [0.25, 0.3) is 0 Å². The molecule has 4 nitrogen and oxygen atoms in total. The minimum absolute atomic E-state index is 0.131. The Bertz CT molecular complexity index is 314. The summed E-state index contributed by atoms with van der Waals surface area (Å²) in [4.78, 5) is 8.67. The summed E-state index contributed by atoms with van der Waals surface area (Å²) >= 11 is 1.54. The van der Waals surface area contributed by atoms with E-state index in [1.54, 1.807) is 11.8 Å². The van der Waals surface area contributed by atoms with Crippen molar-refractivity contribution in [1.29, 1.82) is 0 Å². The van der Waals surface area contributed by atoms with Crippen LogP contribution in [0.3, 0.4) is 0 Å². The topological polar surface area (TPSA) is 63.8 Å². The molecule has 0 fully saturated rings. The molecule has 15 heavy (non-hydrogen) atoms. The summed E-state index contributed by atoms with van der Waals surface area (Å²) in [7, 11) is 0. The third-order valence-electron chi connectivity index (χ3n) is 1.91. The smallest absolute Gasteiger partial charge is 0.189 e. The van der Waals surface area contributed by atoms with Gasteiger partial charge in [-0.2, -0.15) is 0 Å². The number of anilines is 1. The van der Waals surface area contributed by atoms with Crippen molar-refractivity contribution in [3.63, 3.8) is 0 Å². The maximum atomic E-state index is 5.77. The highest BCUT2D eigenvalue weighted by atomic mass is 32.2. The maximum Gasteiger partial charge on any atom is 0.189 e. The fourth-order valence-corrected chi connectivity index (χ4v) is 1.65. The van der Waals surface area contributed by atoms with Gasteiger partial charge in [0.05, 0.1) is 0 Å². The highest BCUT2D eigenvalue weighted by Crippen LogP contribution is 2.17. The van der Waals surface area contributed by atoms with Crippen LogP contribution in [-0.4, -0.2) is 28.8 Å². The van der Waals surface area contributed by atoms with E-state index in [1.165, 1.54) is 0 Å². The summed E-state index contributed by atoms with van der Waals surface area (Å²) in [5, 5.41) is 4.03. The van der Waals surface area contributed by atoms with Gasteiger partial charge in [0, 0.05) is 24.3 Å². The van der Waals surface area contributed by atoms with Crippen molar-refractivity contribution in [2.24, 2.45) is 5.73 Å². The van der Waals surface area contributed by atoms with Crippen molar-refractivity contribution < 1.29 is 0 Å². The predicted molar refractivity (Wildman–Crippen MR) is 65.3 cm³/mol. The largest absolute Gasteiger partial charge is 0.370 e. The predicted octanol–water partition coefficient (Wildman–Crippen LogP) is 1.52. The Morgan fingerprint density at radius 3 is 2.87 bits per heavy atom. The van der Waals surface area contributed by atoms with Crippen LogP contribution < -0.4 is 11.1 Å². The van der Waals surface area contributed by atoms with Crippen molar-refractivity contribution in [3.8, 4) is 0 Å². The quantitative estimate of drug-likeness (QED) is 0.589. The van der Waals surface area contributed by atoms with Crippen LogP contribution in [0.1, 0.15) is 19.4 Å². The van der Waals surface area contributed by atoms with E-state index >= 15 is 0 Å². The molecule has 0 saturated heterocycles. The maximum absolute atomic E-state index is 5.77. The van der Waals surface area contributed by atoms with Gasteiger partial charge in [-0.05, 0) is 26.5 Å². The second-order valence-electron chi connectivity index (χ2n) is 3.44. The molecule has 5 heteroatoms. The zero-order chi connectivity index (χ0) is 11.3. The summed E-state index contributed by atoms with van der Waals surface area (Å²) in [6, 6.07) is 0.131. The van der Waals surface area contributed by atoms with Crippen LogP contribution in [0.4, 0.5) is 5.82 Å². The van der Waals surface area contributed by atoms with Gasteiger partial charge >= 0.3 is 0 Å². The van der Waals surface area contributed by atoms with E-state index < -0.39 is 0 Å². The van der Waals surface area contributed by atoms with Gasteiger partial charge < -0.3 is 11.1 Å². The number of hydrogen-bond donors (Lipinski definition) is 2. The minimum Gasteiger partial charge on any atom is -0.370 e. The van der Waals surface area contributed by atoms with Crippen LogP contribution in [0.5, 0.6) is 0 Å². The van der Waals surface area contributed by atoms with Crippen molar-refractivity contribution in [3.05, 3.63) is 11.8 Å². The van der Waals surface area contributed by atoms with Crippen LogP contribution in [0, 0.1) is 0 Å². The Balaban J connectivity index is 2.92. The highest BCUT2D eigenvalue weighted by Gasteiger charge is 2.07. The van der Waals surface area contributed by atoms with Gasteiger partial charge in [-0.25, -0.2) is 9.97 Å². The van der Waals surface area contributed by atoms with E-state index in [9.17, 15) is 0 Å². The van der Waals surface area contributed by atoms with Crippen molar-refractivity contribution in [2.45, 2.75) is 31.5 Å². The Kier molecular flexibility index (Phi) is 4.84. The molecule has 1 heterocycles. The first kappa shape index (κ1) is 12.3. The van der Waals surface area contributed by atoms with Crippen molar-refractivity contribution in [1.82, 2.24) is 9.97 Å². The van der Waals surface area contributed by atoms with Crippen LogP contribution >= 0.6 is 11.8 Å². The zero-order valence-electron chi connectivity index (χ0n) is 9.45. The van der Waals surface area contributed by atoms with Crippen molar-refractivity contribution in [2.75, 3.05) is 18.1 Å². The first-order chi connectivity index (χ1) is 7.17. The standard InChI is InChI=1S/C10H18N4S/c1-4-12-9-8(5-7(2)11)6-13-10(14-9)15-3/h6-7H,4-5,11H2,1-3H3,(H,12,13,14). The van der Waals surface area contributed by atoms with Gasteiger partial charge in [0.15, 0.2) is 5.16 Å². The van der Waals surface area contributed by atoms with Crippen molar-refractivity contribution >= 4 is 17.6 Å². The number of thioether (sulfide) groups is 1. The lowest BCUT2D eigenvalue weighted by Gasteiger charge is -2.11. The molecular weight excluding hydrogens is 208 g/mol. The summed E-state index contributed by atoms with van der Waals surface area (Å²) in [6.45, 7) is 4.89. The zero-order valence-corrected chi connectivity index (χ0v) is 10.3. The van der Waals surface area contributed by atoms with E-state index in [1.807, 2.05) is 19.4 Å². The Hall–Kier alpha value is -0.810. The Labute approximate surface area is 95.1 Å². The van der Waals surface area contributed by atoms with Crippen LogP contribution in [-0.2, 0) is 6.42 Å². The molecule has 0 bridgehead atoms. The highest BCUT2D eigenvalue weighted by molar-refractivity contribution is 7.98. The molecular formula is C10H18N4S. The lowest BCUT2D eigenvalue weighted by molar-refractivity contribution is 0.728. The number of nitrogens with two attached hydrogens (primary N) is 1. The van der Waals surface area contributed by atoms with E-state index in [4.69, 9.17) is 5.73 Å². The molecule has 0 spiro atoms. The summed E-state index contributed by atoms with van der Waals surface area (Å²) in [5.74, 6) is 0.911. The molecule has 1 atom stereocenters. The van der Waals surface area contributed by atoms with Gasteiger partial charge in [-0.15, -0.1) is 0 Å².